The molecule has 0 unspecified atom stereocenters. The van der Waals surface area contributed by atoms with Gasteiger partial charge in [0, 0.05) is 0 Å². The van der Waals surface area contributed by atoms with Crippen LogP contribution < -0.4 is 15.6 Å². The topological polar surface area (TPSA) is 112 Å². The van der Waals surface area contributed by atoms with Crippen molar-refractivity contribution in [3.05, 3.63) is 52.3 Å². The van der Waals surface area contributed by atoms with Gasteiger partial charge in [-0.3, -0.25) is 14.9 Å². The average molecular weight is 277 g/mol. The van der Waals surface area contributed by atoms with Crippen molar-refractivity contribution in [1.82, 2.24) is 0 Å². The zero-order chi connectivity index (χ0) is 14.7. The first-order valence-electron chi connectivity index (χ1n) is 5.50. The minimum absolute atomic E-state index is 0.213. The maximum absolute atomic E-state index is 12.0. The third-order valence-corrected chi connectivity index (χ3v) is 2.55. The minimum Gasteiger partial charge on any atom is -0.497 e. The van der Waals surface area contributed by atoms with Crippen molar-refractivity contribution < 1.29 is 18.9 Å². The van der Waals surface area contributed by atoms with E-state index < -0.39 is 16.7 Å². The summed E-state index contributed by atoms with van der Waals surface area (Å²) in [6, 6.07) is 8.71. The van der Waals surface area contributed by atoms with E-state index in [0.29, 0.717) is 11.4 Å². The van der Waals surface area contributed by atoms with Crippen LogP contribution in [0.25, 0.3) is 0 Å². The molecule has 0 aliphatic heterocycles. The molecule has 0 saturated heterocycles. The number of methoxy groups -OCH3 is 1. The molecule has 0 aliphatic carbocycles. The molecule has 2 aromatic rings. The van der Waals surface area contributed by atoms with E-state index in [0.717, 1.165) is 11.1 Å². The van der Waals surface area contributed by atoms with Gasteiger partial charge in [-0.15, -0.1) is 0 Å². The van der Waals surface area contributed by atoms with Crippen LogP contribution in [0.1, 0.15) is 10.6 Å². The molecule has 1 amide bonds. The molecule has 1 aromatic carbocycles. The van der Waals surface area contributed by atoms with Crippen LogP contribution >= 0.6 is 0 Å². The molecular formula is C12H11N3O5. The lowest BCUT2D eigenvalue weighted by Crippen LogP contribution is -2.37. The van der Waals surface area contributed by atoms with Gasteiger partial charge in [0.1, 0.15) is 10.7 Å². The number of carbonyl (C=O) groups is 1. The summed E-state index contributed by atoms with van der Waals surface area (Å²) in [6.45, 7) is 0. The number of furan rings is 1. The van der Waals surface area contributed by atoms with Crippen molar-refractivity contribution in [1.29, 1.82) is 0 Å². The van der Waals surface area contributed by atoms with E-state index in [-0.39, 0.29) is 5.76 Å². The van der Waals surface area contributed by atoms with Crippen LogP contribution in [0, 0.1) is 10.1 Å². The number of benzene rings is 1. The van der Waals surface area contributed by atoms with Crippen LogP contribution in [-0.2, 0) is 0 Å². The number of hydrazine groups is 1. The normalized spacial score (nSPS) is 10.1. The molecule has 2 N–H and O–H groups in total. The van der Waals surface area contributed by atoms with Crippen LogP contribution in [0.3, 0.4) is 0 Å². The molecule has 0 fully saturated rings. The number of anilines is 1. The summed E-state index contributed by atoms with van der Waals surface area (Å²) in [4.78, 5) is 21.7. The summed E-state index contributed by atoms with van der Waals surface area (Å²) in [5.74, 6) is 4.85. The lowest BCUT2D eigenvalue weighted by molar-refractivity contribution is -0.402. The molecular weight excluding hydrogens is 266 g/mol. The number of nitrogens with zero attached hydrogens (tertiary/aromatic N) is 2. The molecule has 0 atom stereocenters. The molecule has 1 heterocycles. The zero-order valence-corrected chi connectivity index (χ0v) is 10.5. The Morgan fingerprint density at radius 1 is 1.30 bits per heavy atom. The second kappa shape index (κ2) is 5.41. The Morgan fingerprint density at radius 2 is 1.95 bits per heavy atom. The Kier molecular flexibility index (Phi) is 3.67. The van der Waals surface area contributed by atoms with Crippen LogP contribution in [0.5, 0.6) is 5.75 Å². The molecule has 8 nitrogen and oxygen atoms in total. The number of rotatable bonds is 4. The van der Waals surface area contributed by atoms with Crippen molar-refractivity contribution in [2.75, 3.05) is 12.1 Å². The largest absolute Gasteiger partial charge is 0.497 e. The second-order valence-electron chi connectivity index (χ2n) is 3.77. The number of nitrogens with two attached hydrogens (primary N) is 1. The lowest BCUT2D eigenvalue weighted by atomic mass is 10.3. The maximum Gasteiger partial charge on any atom is 0.433 e. The maximum atomic E-state index is 12.0. The van der Waals surface area contributed by atoms with E-state index in [2.05, 4.69) is 0 Å². The Morgan fingerprint density at radius 3 is 2.45 bits per heavy atom. The molecule has 2 rings (SSSR count). The Hall–Kier alpha value is -2.87. The van der Waals surface area contributed by atoms with Crippen LogP contribution in [-0.4, -0.2) is 17.9 Å². The molecule has 0 saturated carbocycles. The fourth-order valence-electron chi connectivity index (χ4n) is 1.52. The van der Waals surface area contributed by atoms with Gasteiger partial charge in [0.05, 0.1) is 18.9 Å². The molecule has 1 aromatic heterocycles. The Labute approximate surface area is 113 Å². The van der Waals surface area contributed by atoms with Crippen molar-refractivity contribution >= 4 is 17.5 Å². The highest BCUT2D eigenvalue weighted by Gasteiger charge is 2.21. The van der Waals surface area contributed by atoms with Gasteiger partial charge < -0.3 is 9.15 Å². The summed E-state index contributed by atoms with van der Waals surface area (Å²) >= 11 is 0. The van der Waals surface area contributed by atoms with Crippen molar-refractivity contribution in [2.24, 2.45) is 5.84 Å². The van der Waals surface area contributed by atoms with Gasteiger partial charge in [0.15, 0.2) is 0 Å². The van der Waals surface area contributed by atoms with E-state index in [1.54, 1.807) is 24.3 Å². The van der Waals surface area contributed by atoms with Gasteiger partial charge >= 0.3 is 11.8 Å². The molecule has 0 radical (unpaired) electrons. The SMILES string of the molecule is COc1ccc(N(N)C(=O)c2ccc([N+](=O)[O-])o2)cc1. The van der Waals surface area contributed by atoms with Crippen molar-refractivity contribution in [3.63, 3.8) is 0 Å². The molecule has 0 aliphatic rings. The molecule has 0 bridgehead atoms. The third kappa shape index (κ3) is 2.59. The molecule has 104 valence electrons. The zero-order valence-electron chi connectivity index (χ0n) is 10.5. The van der Waals surface area contributed by atoms with Gasteiger partial charge in [0.2, 0.25) is 5.76 Å². The number of carbonyl (C=O) groups excluding carboxylic acids is 1. The van der Waals surface area contributed by atoms with Gasteiger partial charge in [0.25, 0.3) is 0 Å². The standard InChI is InChI=1S/C12H11N3O5/c1-19-9-4-2-8(3-5-9)14(13)12(16)10-6-7-11(20-10)15(17)18/h2-7H,13H2,1H3. The van der Waals surface area contributed by atoms with Crippen LogP contribution in [0.4, 0.5) is 11.6 Å². The van der Waals surface area contributed by atoms with E-state index >= 15 is 0 Å². The van der Waals surface area contributed by atoms with Crippen molar-refractivity contribution in [2.45, 2.75) is 0 Å². The first-order valence-corrected chi connectivity index (χ1v) is 5.50. The monoisotopic (exact) mass is 277 g/mol. The minimum atomic E-state index is -0.731. The molecule has 20 heavy (non-hydrogen) atoms. The van der Waals surface area contributed by atoms with E-state index in [1.807, 2.05) is 0 Å². The highest BCUT2D eigenvalue weighted by atomic mass is 16.6. The number of amides is 1. The van der Waals surface area contributed by atoms with Gasteiger partial charge in [-0.2, -0.15) is 0 Å². The number of hydrogen-bond acceptors (Lipinski definition) is 6. The molecule has 8 heteroatoms. The second-order valence-corrected chi connectivity index (χ2v) is 3.77. The van der Waals surface area contributed by atoms with Crippen LogP contribution in [0.15, 0.2) is 40.8 Å². The fourth-order valence-corrected chi connectivity index (χ4v) is 1.52. The number of nitro groups is 1. The summed E-state index contributed by atoms with van der Waals surface area (Å²) in [7, 11) is 1.52. The third-order valence-electron chi connectivity index (χ3n) is 2.55. The van der Waals surface area contributed by atoms with Gasteiger partial charge in [-0.25, -0.2) is 10.9 Å². The summed E-state index contributed by atoms with van der Waals surface area (Å²) in [6.07, 6.45) is 0. The highest BCUT2D eigenvalue weighted by molar-refractivity contribution is 6.03. The van der Waals surface area contributed by atoms with E-state index in [9.17, 15) is 14.9 Å². The van der Waals surface area contributed by atoms with Gasteiger partial charge in [-0.1, -0.05) is 0 Å². The predicted molar refractivity (Wildman–Crippen MR) is 69.4 cm³/mol. The molecule has 0 spiro atoms. The Bertz CT molecular complexity index is 635. The van der Waals surface area contributed by atoms with E-state index in [4.69, 9.17) is 15.0 Å². The highest BCUT2D eigenvalue weighted by Crippen LogP contribution is 2.21. The summed E-state index contributed by atoms with van der Waals surface area (Å²) in [5, 5.41) is 11.3. The number of ether oxygens (including phenoxy) is 1. The van der Waals surface area contributed by atoms with Gasteiger partial charge in [-0.05, 0) is 30.3 Å². The van der Waals surface area contributed by atoms with Crippen LogP contribution in [0.2, 0.25) is 0 Å². The quantitative estimate of drug-likeness (QED) is 0.394. The summed E-state index contributed by atoms with van der Waals surface area (Å²) in [5.41, 5.74) is 0.398. The summed E-state index contributed by atoms with van der Waals surface area (Å²) < 4.78 is 9.79. The average Bonchev–Trinajstić information content (AvgIpc) is 2.96. The van der Waals surface area contributed by atoms with E-state index in [1.165, 1.54) is 13.2 Å². The van der Waals surface area contributed by atoms with Crippen molar-refractivity contribution in [3.8, 4) is 5.75 Å². The smallest absolute Gasteiger partial charge is 0.433 e. The fraction of sp³-hybridized carbons (Fsp3) is 0.0833. The Balaban J connectivity index is 2.20. The first-order chi connectivity index (χ1) is 9.52. The first kappa shape index (κ1) is 13.6. The lowest BCUT2D eigenvalue weighted by Gasteiger charge is -2.15. The predicted octanol–water partition coefficient (Wildman–Crippen LogP) is 1.72. The number of hydrogen-bond donors (Lipinski definition) is 1.